The van der Waals surface area contributed by atoms with Gasteiger partial charge < -0.3 is 10.6 Å². The van der Waals surface area contributed by atoms with Crippen molar-refractivity contribution in [1.29, 1.82) is 0 Å². The molecule has 2 rings (SSSR count). The van der Waals surface area contributed by atoms with Gasteiger partial charge >= 0.3 is 0 Å². The van der Waals surface area contributed by atoms with Crippen LogP contribution < -0.4 is 10.6 Å². The van der Waals surface area contributed by atoms with Crippen molar-refractivity contribution in [2.45, 2.75) is 18.4 Å². The van der Waals surface area contributed by atoms with Gasteiger partial charge in [0.25, 0.3) is 0 Å². The number of nitrogens with zero attached hydrogens (tertiary/aromatic N) is 2. The Morgan fingerprint density at radius 3 is 2.68 bits per heavy atom. The molecule has 0 aliphatic carbocycles. The minimum Gasteiger partial charge on any atom is -0.356 e. The van der Waals surface area contributed by atoms with E-state index in [9.17, 15) is 0 Å². The van der Waals surface area contributed by atoms with Crippen molar-refractivity contribution < 1.29 is 0 Å². The zero-order valence-corrected chi connectivity index (χ0v) is 16.7. The molecule has 1 heterocycles. The minimum absolute atomic E-state index is 0. The van der Waals surface area contributed by atoms with E-state index >= 15 is 0 Å². The number of aliphatic imine (C=N–C) groups is 1. The van der Waals surface area contributed by atoms with Crippen LogP contribution in [0.4, 0.5) is 0 Å². The average molecular weight is 448 g/mol. The quantitative estimate of drug-likeness (QED) is 0.234. The van der Waals surface area contributed by atoms with Crippen LogP contribution in [0.5, 0.6) is 0 Å². The SMILES string of the molecule is CN=C(NCCSc1ccccc1)NCc1cnc(C)s1.I. The summed E-state index contributed by atoms with van der Waals surface area (Å²) >= 11 is 3.54. The summed E-state index contributed by atoms with van der Waals surface area (Å²) in [5.41, 5.74) is 0. The summed E-state index contributed by atoms with van der Waals surface area (Å²) in [5, 5.41) is 7.71. The fourth-order valence-corrected chi connectivity index (χ4v) is 3.26. The molecule has 7 heteroatoms. The lowest BCUT2D eigenvalue weighted by Gasteiger charge is -2.10. The second-order valence-corrected chi connectivity index (χ2v) is 6.85. The van der Waals surface area contributed by atoms with Gasteiger partial charge in [-0.3, -0.25) is 4.99 Å². The summed E-state index contributed by atoms with van der Waals surface area (Å²) < 4.78 is 0. The van der Waals surface area contributed by atoms with Crippen LogP contribution in [0.2, 0.25) is 0 Å². The molecule has 0 aliphatic rings. The number of benzene rings is 1. The molecule has 0 aliphatic heterocycles. The molecule has 2 N–H and O–H groups in total. The van der Waals surface area contributed by atoms with Crippen molar-refractivity contribution in [3.8, 4) is 0 Å². The highest BCUT2D eigenvalue weighted by Crippen LogP contribution is 2.15. The van der Waals surface area contributed by atoms with Gasteiger partial charge in [-0.05, 0) is 19.1 Å². The number of hydrogen-bond acceptors (Lipinski definition) is 4. The standard InChI is InChI=1S/C15H20N4S2.HI/c1-12-18-10-14(21-12)11-19-15(16-2)17-8-9-20-13-6-4-3-5-7-13;/h3-7,10H,8-9,11H2,1-2H3,(H2,16,17,19);1H. The van der Waals surface area contributed by atoms with Crippen LogP contribution in [-0.2, 0) is 6.54 Å². The average Bonchev–Trinajstić information content (AvgIpc) is 2.93. The summed E-state index contributed by atoms with van der Waals surface area (Å²) in [6.07, 6.45) is 1.91. The van der Waals surface area contributed by atoms with E-state index in [2.05, 4.69) is 44.9 Å². The first-order valence-electron chi connectivity index (χ1n) is 6.81. The molecule has 0 saturated carbocycles. The van der Waals surface area contributed by atoms with Gasteiger partial charge in [-0.1, -0.05) is 18.2 Å². The van der Waals surface area contributed by atoms with Gasteiger partial charge in [0.2, 0.25) is 0 Å². The zero-order valence-electron chi connectivity index (χ0n) is 12.7. The lowest BCUT2D eigenvalue weighted by atomic mass is 10.4. The molecule has 0 radical (unpaired) electrons. The molecule has 0 spiro atoms. The Labute approximate surface area is 157 Å². The Bertz CT molecular complexity index is 572. The van der Waals surface area contributed by atoms with E-state index in [1.807, 2.05) is 30.9 Å². The van der Waals surface area contributed by atoms with Crippen LogP contribution in [0.15, 0.2) is 46.4 Å². The maximum atomic E-state index is 4.24. The molecular formula is C15H21IN4S2. The first-order valence-corrected chi connectivity index (χ1v) is 8.62. The molecule has 22 heavy (non-hydrogen) atoms. The number of aryl methyl sites for hydroxylation is 1. The van der Waals surface area contributed by atoms with E-state index in [0.717, 1.165) is 29.8 Å². The third-order valence-electron chi connectivity index (χ3n) is 2.73. The largest absolute Gasteiger partial charge is 0.356 e. The summed E-state index contributed by atoms with van der Waals surface area (Å²) in [4.78, 5) is 11.0. The molecular weight excluding hydrogens is 427 g/mol. The minimum atomic E-state index is 0. The number of hydrogen-bond donors (Lipinski definition) is 2. The maximum absolute atomic E-state index is 4.24. The highest BCUT2D eigenvalue weighted by Gasteiger charge is 2.01. The Hall–Kier alpha value is -0.800. The maximum Gasteiger partial charge on any atom is 0.191 e. The Morgan fingerprint density at radius 1 is 1.27 bits per heavy atom. The topological polar surface area (TPSA) is 49.3 Å². The van der Waals surface area contributed by atoms with Gasteiger partial charge in [-0.15, -0.1) is 47.1 Å². The molecule has 0 saturated heterocycles. The molecule has 0 amide bonds. The molecule has 120 valence electrons. The second kappa shape index (κ2) is 10.8. The number of aromatic nitrogens is 1. The third-order valence-corrected chi connectivity index (χ3v) is 4.66. The van der Waals surface area contributed by atoms with E-state index in [-0.39, 0.29) is 24.0 Å². The van der Waals surface area contributed by atoms with Crippen LogP contribution in [-0.4, -0.2) is 30.3 Å². The van der Waals surface area contributed by atoms with E-state index in [0.29, 0.717) is 0 Å². The van der Waals surface area contributed by atoms with E-state index < -0.39 is 0 Å². The van der Waals surface area contributed by atoms with Crippen molar-refractivity contribution in [3.05, 3.63) is 46.4 Å². The highest BCUT2D eigenvalue weighted by atomic mass is 127. The normalized spacial score (nSPS) is 10.9. The van der Waals surface area contributed by atoms with Crippen molar-refractivity contribution in [2.75, 3.05) is 19.3 Å². The van der Waals surface area contributed by atoms with Crippen LogP contribution in [0, 0.1) is 6.92 Å². The number of thiazole rings is 1. The monoisotopic (exact) mass is 448 g/mol. The van der Waals surface area contributed by atoms with Crippen LogP contribution in [0.1, 0.15) is 9.88 Å². The number of thioether (sulfide) groups is 1. The molecule has 0 atom stereocenters. The van der Waals surface area contributed by atoms with Gasteiger partial charge in [0.05, 0.1) is 11.6 Å². The van der Waals surface area contributed by atoms with Crippen LogP contribution in [0.3, 0.4) is 0 Å². The van der Waals surface area contributed by atoms with Crippen molar-refractivity contribution in [2.24, 2.45) is 4.99 Å². The van der Waals surface area contributed by atoms with Gasteiger partial charge in [0, 0.05) is 35.3 Å². The van der Waals surface area contributed by atoms with Gasteiger partial charge in [0.15, 0.2) is 5.96 Å². The summed E-state index contributed by atoms with van der Waals surface area (Å²) in [6.45, 7) is 3.65. The Balaban J connectivity index is 0.00000242. The molecule has 2 aromatic rings. The molecule has 0 fully saturated rings. The van der Waals surface area contributed by atoms with E-state index in [1.54, 1.807) is 18.4 Å². The van der Waals surface area contributed by atoms with Crippen molar-refractivity contribution >= 4 is 53.0 Å². The summed E-state index contributed by atoms with van der Waals surface area (Å²) in [6, 6.07) is 10.4. The predicted octanol–water partition coefficient (Wildman–Crippen LogP) is 3.53. The molecule has 4 nitrogen and oxygen atoms in total. The van der Waals surface area contributed by atoms with Crippen molar-refractivity contribution in [3.63, 3.8) is 0 Å². The van der Waals surface area contributed by atoms with E-state index in [1.165, 1.54) is 9.77 Å². The van der Waals surface area contributed by atoms with Crippen molar-refractivity contribution in [1.82, 2.24) is 15.6 Å². The van der Waals surface area contributed by atoms with E-state index in [4.69, 9.17) is 0 Å². The second-order valence-electron chi connectivity index (χ2n) is 4.36. The summed E-state index contributed by atoms with van der Waals surface area (Å²) in [5.74, 6) is 1.83. The van der Waals surface area contributed by atoms with Gasteiger partial charge in [-0.25, -0.2) is 4.98 Å². The number of nitrogens with one attached hydrogen (secondary N) is 2. The van der Waals surface area contributed by atoms with Gasteiger partial charge in [-0.2, -0.15) is 0 Å². The Kier molecular flexibility index (Phi) is 9.49. The molecule has 1 aromatic heterocycles. The fourth-order valence-electron chi connectivity index (χ4n) is 1.73. The first kappa shape index (κ1) is 19.2. The summed E-state index contributed by atoms with van der Waals surface area (Å²) in [7, 11) is 1.79. The predicted molar refractivity (Wildman–Crippen MR) is 108 cm³/mol. The molecule has 0 unspecified atom stereocenters. The number of guanidine groups is 1. The van der Waals surface area contributed by atoms with Crippen LogP contribution in [0.25, 0.3) is 0 Å². The smallest absolute Gasteiger partial charge is 0.191 e. The highest BCUT2D eigenvalue weighted by molar-refractivity contribution is 14.0. The Morgan fingerprint density at radius 2 is 2.05 bits per heavy atom. The lowest BCUT2D eigenvalue weighted by molar-refractivity contribution is 0.840. The first-order chi connectivity index (χ1) is 10.3. The fraction of sp³-hybridized carbons (Fsp3) is 0.333. The molecule has 1 aromatic carbocycles. The third kappa shape index (κ3) is 6.97. The number of halogens is 1. The number of rotatable bonds is 6. The van der Waals surface area contributed by atoms with Gasteiger partial charge in [0.1, 0.15) is 0 Å². The molecule has 0 bridgehead atoms. The van der Waals surface area contributed by atoms with Crippen LogP contribution >= 0.6 is 47.1 Å². The zero-order chi connectivity index (χ0) is 14.9. The lowest BCUT2D eigenvalue weighted by Crippen LogP contribution is -2.37.